The molecule has 0 aliphatic rings. The van der Waals surface area contributed by atoms with Gasteiger partial charge in [0.15, 0.2) is 0 Å². The molecule has 17 heavy (non-hydrogen) atoms. The third kappa shape index (κ3) is 4.75. The molecule has 1 rings (SSSR count). The lowest BCUT2D eigenvalue weighted by Gasteiger charge is -2.19. The fourth-order valence-corrected chi connectivity index (χ4v) is 1.31. The van der Waals surface area contributed by atoms with E-state index in [-0.39, 0.29) is 23.7 Å². The Morgan fingerprint density at radius 1 is 1.24 bits per heavy atom. The Kier molecular flexibility index (Phi) is 5.66. The minimum Gasteiger partial charge on any atom is -0.325 e. The first-order chi connectivity index (χ1) is 7.30. The van der Waals surface area contributed by atoms with E-state index in [1.54, 1.807) is 6.92 Å². The zero-order chi connectivity index (χ0) is 12.3. The smallest absolute Gasteiger partial charge is 0.240 e. The van der Waals surface area contributed by atoms with Gasteiger partial charge in [-0.3, -0.25) is 4.79 Å². The molecule has 0 radical (unpaired) electrons. The second kappa shape index (κ2) is 6.03. The van der Waals surface area contributed by atoms with Crippen molar-refractivity contribution in [2.75, 3.05) is 5.32 Å². The predicted molar refractivity (Wildman–Crippen MR) is 74.7 cm³/mol. The number of benzene rings is 1. The Labute approximate surface area is 109 Å². The molecule has 0 aromatic heterocycles. The highest BCUT2D eigenvalue weighted by molar-refractivity contribution is 5.94. The molecular weight excluding hydrogens is 236 g/mol. The van der Waals surface area contributed by atoms with Crippen LogP contribution in [0, 0.1) is 0 Å². The first-order valence-corrected chi connectivity index (χ1v) is 5.47. The van der Waals surface area contributed by atoms with Crippen molar-refractivity contribution in [1.82, 2.24) is 0 Å². The van der Waals surface area contributed by atoms with Crippen molar-refractivity contribution in [3.8, 4) is 0 Å². The number of nitrogens with two attached hydrogens (primary N) is 1. The van der Waals surface area contributed by atoms with E-state index in [0.717, 1.165) is 5.69 Å². The second-order valence-electron chi connectivity index (χ2n) is 5.11. The van der Waals surface area contributed by atoms with Crippen LogP contribution in [0.2, 0.25) is 0 Å². The molecule has 1 aromatic rings. The van der Waals surface area contributed by atoms with E-state index in [4.69, 9.17) is 5.73 Å². The number of amides is 1. The maximum Gasteiger partial charge on any atom is 0.240 e. The predicted octanol–water partition coefficient (Wildman–Crippen LogP) is 2.69. The van der Waals surface area contributed by atoms with Gasteiger partial charge in [0.1, 0.15) is 0 Å². The third-order valence-electron chi connectivity index (χ3n) is 2.43. The monoisotopic (exact) mass is 256 g/mol. The van der Waals surface area contributed by atoms with Crippen LogP contribution in [0.25, 0.3) is 0 Å². The number of anilines is 1. The second-order valence-corrected chi connectivity index (χ2v) is 5.11. The molecule has 1 atom stereocenters. The van der Waals surface area contributed by atoms with Crippen molar-refractivity contribution in [3.05, 3.63) is 29.8 Å². The zero-order valence-corrected chi connectivity index (χ0v) is 11.6. The van der Waals surface area contributed by atoms with Gasteiger partial charge >= 0.3 is 0 Å². The van der Waals surface area contributed by atoms with Crippen LogP contribution in [0.3, 0.4) is 0 Å². The molecule has 0 heterocycles. The van der Waals surface area contributed by atoms with Crippen molar-refractivity contribution in [3.63, 3.8) is 0 Å². The number of nitrogens with one attached hydrogen (secondary N) is 1. The summed E-state index contributed by atoms with van der Waals surface area (Å²) in [6.07, 6.45) is 0. The molecule has 96 valence electrons. The fraction of sp³-hybridized carbons (Fsp3) is 0.462. The summed E-state index contributed by atoms with van der Waals surface area (Å²) in [7, 11) is 0. The molecule has 1 aromatic carbocycles. The van der Waals surface area contributed by atoms with Crippen molar-refractivity contribution in [2.24, 2.45) is 5.73 Å². The van der Waals surface area contributed by atoms with E-state index < -0.39 is 6.04 Å². The quantitative estimate of drug-likeness (QED) is 0.855. The molecule has 3 N–H and O–H groups in total. The molecule has 4 heteroatoms. The SMILES string of the molecule is C[C@H](N)C(=O)Nc1ccc(C(C)(C)C)cc1.Cl. The maximum atomic E-state index is 11.4. The Bertz CT molecular complexity index is 366. The Morgan fingerprint density at radius 3 is 2.06 bits per heavy atom. The molecule has 0 saturated heterocycles. The van der Waals surface area contributed by atoms with Gasteiger partial charge in [0.2, 0.25) is 5.91 Å². The highest BCUT2D eigenvalue weighted by atomic mass is 35.5. The van der Waals surface area contributed by atoms with Crippen LogP contribution < -0.4 is 11.1 Å². The van der Waals surface area contributed by atoms with Crippen molar-refractivity contribution >= 4 is 24.0 Å². The van der Waals surface area contributed by atoms with E-state index >= 15 is 0 Å². The summed E-state index contributed by atoms with van der Waals surface area (Å²) in [5.41, 5.74) is 7.63. The van der Waals surface area contributed by atoms with Crippen molar-refractivity contribution < 1.29 is 4.79 Å². The lowest BCUT2D eigenvalue weighted by atomic mass is 9.87. The van der Waals surface area contributed by atoms with E-state index in [0.29, 0.717) is 0 Å². The van der Waals surface area contributed by atoms with Crippen molar-refractivity contribution in [2.45, 2.75) is 39.2 Å². The molecule has 0 spiro atoms. The zero-order valence-electron chi connectivity index (χ0n) is 10.8. The summed E-state index contributed by atoms with van der Waals surface area (Å²) in [4.78, 5) is 11.4. The van der Waals surface area contributed by atoms with E-state index in [9.17, 15) is 4.79 Å². The fourth-order valence-electron chi connectivity index (χ4n) is 1.31. The normalized spacial score (nSPS) is 12.5. The van der Waals surface area contributed by atoms with Crippen LogP contribution >= 0.6 is 12.4 Å². The Hall–Kier alpha value is -1.06. The Balaban J connectivity index is 0.00000256. The van der Waals surface area contributed by atoms with Crippen LogP contribution in [-0.2, 0) is 10.2 Å². The first kappa shape index (κ1) is 15.9. The topological polar surface area (TPSA) is 55.1 Å². The Morgan fingerprint density at radius 2 is 1.71 bits per heavy atom. The van der Waals surface area contributed by atoms with Gasteiger partial charge in [0, 0.05) is 5.69 Å². The summed E-state index contributed by atoms with van der Waals surface area (Å²) in [5, 5.41) is 2.76. The number of hydrogen-bond donors (Lipinski definition) is 2. The summed E-state index contributed by atoms with van der Waals surface area (Å²) < 4.78 is 0. The van der Waals surface area contributed by atoms with Gasteiger partial charge in [-0.2, -0.15) is 0 Å². The van der Waals surface area contributed by atoms with Gasteiger partial charge in [-0.05, 0) is 30.0 Å². The summed E-state index contributed by atoms with van der Waals surface area (Å²) in [6.45, 7) is 8.13. The van der Waals surface area contributed by atoms with E-state index in [2.05, 4.69) is 26.1 Å². The number of carbonyl (C=O) groups is 1. The molecule has 0 aliphatic carbocycles. The molecule has 0 fully saturated rings. The number of hydrogen-bond acceptors (Lipinski definition) is 2. The molecule has 3 nitrogen and oxygen atoms in total. The van der Waals surface area contributed by atoms with Gasteiger partial charge in [0.05, 0.1) is 6.04 Å². The highest BCUT2D eigenvalue weighted by Gasteiger charge is 2.13. The lowest BCUT2D eigenvalue weighted by Crippen LogP contribution is -2.32. The average molecular weight is 257 g/mol. The van der Waals surface area contributed by atoms with Crippen LogP contribution in [0.15, 0.2) is 24.3 Å². The molecule has 0 unspecified atom stereocenters. The lowest BCUT2D eigenvalue weighted by molar-refractivity contribution is -0.117. The van der Waals surface area contributed by atoms with Crippen LogP contribution in [-0.4, -0.2) is 11.9 Å². The molecule has 1 amide bonds. The third-order valence-corrected chi connectivity index (χ3v) is 2.43. The summed E-state index contributed by atoms with van der Waals surface area (Å²) in [6, 6.07) is 7.37. The van der Waals surface area contributed by atoms with Crippen molar-refractivity contribution in [1.29, 1.82) is 0 Å². The van der Waals surface area contributed by atoms with Crippen LogP contribution in [0.1, 0.15) is 33.3 Å². The van der Waals surface area contributed by atoms with E-state index in [1.165, 1.54) is 5.56 Å². The molecule has 0 saturated carbocycles. The highest BCUT2D eigenvalue weighted by Crippen LogP contribution is 2.23. The maximum absolute atomic E-state index is 11.4. The van der Waals surface area contributed by atoms with Gasteiger partial charge < -0.3 is 11.1 Å². The van der Waals surface area contributed by atoms with Gasteiger partial charge in [-0.1, -0.05) is 32.9 Å². The molecular formula is C13H21ClN2O. The van der Waals surface area contributed by atoms with E-state index in [1.807, 2.05) is 24.3 Å². The molecule has 0 aliphatic heterocycles. The first-order valence-electron chi connectivity index (χ1n) is 5.47. The number of carbonyl (C=O) groups excluding carboxylic acids is 1. The molecule has 0 bridgehead atoms. The van der Waals surface area contributed by atoms with Gasteiger partial charge in [0.25, 0.3) is 0 Å². The van der Waals surface area contributed by atoms with Gasteiger partial charge in [-0.15, -0.1) is 12.4 Å². The standard InChI is InChI=1S/C13H20N2O.ClH/c1-9(14)12(16)15-11-7-5-10(6-8-11)13(2,3)4;/h5-9H,14H2,1-4H3,(H,15,16);1H/t9-;/m0./s1. The summed E-state index contributed by atoms with van der Waals surface area (Å²) in [5.74, 6) is -0.163. The minimum atomic E-state index is -0.484. The van der Waals surface area contributed by atoms with Crippen LogP contribution in [0.4, 0.5) is 5.69 Å². The number of rotatable bonds is 2. The number of halogens is 1. The van der Waals surface area contributed by atoms with Crippen LogP contribution in [0.5, 0.6) is 0 Å². The average Bonchev–Trinajstić information content (AvgIpc) is 2.17. The largest absolute Gasteiger partial charge is 0.325 e. The summed E-state index contributed by atoms with van der Waals surface area (Å²) >= 11 is 0. The minimum absolute atomic E-state index is 0. The van der Waals surface area contributed by atoms with Gasteiger partial charge in [-0.25, -0.2) is 0 Å².